The quantitative estimate of drug-likeness (QED) is 0.504. The van der Waals surface area contributed by atoms with Crippen LogP contribution in [0.1, 0.15) is 5.56 Å². The Labute approximate surface area is 108 Å². The fourth-order valence-electron chi connectivity index (χ4n) is 1.65. The summed E-state index contributed by atoms with van der Waals surface area (Å²) in [5.41, 5.74) is 0.382. The molecule has 6 heteroatoms. The van der Waals surface area contributed by atoms with Gasteiger partial charge in [-0.15, -0.1) is 0 Å². The maximum absolute atomic E-state index is 13.4. The first kappa shape index (κ1) is 12.8. The number of hydrogen-bond acceptors (Lipinski definition) is 4. The number of phenols is 1. The summed E-state index contributed by atoms with van der Waals surface area (Å²) in [6, 6.07) is 9.93. The van der Waals surface area contributed by atoms with Crippen LogP contribution in [0, 0.1) is 15.9 Å². The van der Waals surface area contributed by atoms with Gasteiger partial charge in [-0.05, 0) is 18.2 Å². The topological polar surface area (TPSA) is 75.4 Å². The van der Waals surface area contributed by atoms with Crippen molar-refractivity contribution in [2.24, 2.45) is 0 Å². The molecule has 0 atom stereocenters. The number of aromatic hydroxyl groups is 1. The predicted octanol–water partition coefficient (Wildman–Crippen LogP) is 3.05. The number of phenolic OH excluding ortho intramolecular Hbond substituents is 1. The van der Waals surface area contributed by atoms with Crippen LogP contribution in [0.4, 0.5) is 15.8 Å². The lowest BCUT2D eigenvalue weighted by Crippen LogP contribution is -2.04. The van der Waals surface area contributed by atoms with Crippen LogP contribution >= 0.6 is 0 Å². The SMILES string of the molecule is O=[N+]([O-])c1cc(O)ccc1NCc1ccccc1F. The Hall–Kier alpha value is -2.63. The van der Waals surface area contributed by atoms with Crippen molar-refractivity contribution in [2.75, 3.05) is 5.32 Å². The number of nitro groups is 1. The van der Waals surface area contributed by atoms with Crippen molar-refractivity contribution in [1.82, 2.24) is 0 Å². The number of benzene rings is 2. The largest absolute Gasteiger partial charge is 0.508 e. The van der Waals surface area contributed by atoms with E-state index in [1.165, 1.54) is 18.2 Å². The van der Waals surface area contributed by atoms with E-state index in [4.69, 9.17) is 0 Å². The Morgan fingerprint density at radius 3 is 2.68 bits per heavy atom. The van der Waals surface area contributed by atoms with Crippen molar-refractivity contribution in [3.05, 3.63) is 64.0 Å². The number of nitrogens with zero attached hydrogens (tertiary/aromatic N) is 1. The van der Waals surface area contributed by atoms with Crippen LogP contribution in [0.25, 0.3) is 0 Å². The van der Waals surface area contributed by atoms with Gasteiger partial charge in [0.1, 0.15) is 17.3 Å². The van der Waals surface area contributed by atoms with Gasteiger partial charge in [-0.3, -0.25) is 10.1 Å². The van der Waals surface area contributed by atoms with E-state index in [9.17, 15) is 19.6 Å². The lowest BCUT2D eigenvalue weighted by molar-refractivity contribution is -0.384. The highest BCUT2D eigenvalue weighted by Gasteiger charge is 2.14. The van der Waals surface area contributed by atoms with E-state index in [1.54, 1.807) is 18.2 Å². The van der Waals surface area contributed by atoms with Gasteiger partial charge >= 0.3 is 0 Å². The monoisotopic (exact) mass is 262 g/mol. The highest BCUT2D eigenvalue weighted by molar-refractivity contribution is 5.63. The van der Waals surface area contributed by atoms with Crippen molar-refractivity contribution < 1.29 is 14.4 Å². The van der Waals surface area contributed by atoms with E-state index in [-0.39, 0.29) is 29.5 Å². The van der Waals surface area contributed by atoms with Crippen molar-refractivity contribution >= 4 is 11.4 Å². The summed E-state index contributed by atoms with van der Waals surface area (Å²) in [5, 5.41) is 22.8. The third kappa shape index (κ3) is 2.98. The summed E-state index contributed by atoms with van der Waals surface area (Å²) >= 11 is 0. The summed E-state index contributed by atoms with van der Waals surface area (Å²) in [5.74, 6) is -0.570. The molecule has 0 fully saturated rings. The molecule has 0 bridgehead atoms. The molecule has 0 radical (unpaired) electrons. The van der Waals surface area contributed by atoms with E-state index in [0.29, 0.717) is 5.56 Å². The molecule has 0 spiro atoms. The van der Waals surface area contributed by atoms with Crippen LogP contribution in [0.2, 0.25) is 0 Å². The first-order valence-corrected chi connectivity index (χ1v) is 5.52. The highest BCUT2D eigenvalue weighted by Crippen LogP contribution is 2.28. The first-order chi connectivity index (χ1) is 9.08. The van der Waals surface area contributed by atoms with Gasteiger partial charge in [-0.1, -0.05) is 18.2 Å². The van der Waals surface area contributed by atoms with Crippen LogP contribution in [-0.4, -0.2) is 10.0 Å². The molecule has 0 unspecified atom stereocenters. The Morgan fingerprint density at radius 1 is 1.26 bits per heavy atom. The molecule has 98 valence electrons. The van der Waals surface area contributed by atoms with E-state index < -0.39 is 4.92 Å². The molecule has 0 saturated heterocycles. The molecule has 0 heterocycles. The van der Waals surface area contributed by atoms with Gasteiger partial charge < -0.3 is 10.4 Å². The zero-order valence-corrected chi connectivity index (χ0v) is 9.84. The van der Waals surface area contributed by atoms with Crippen molar-refractivity contribution in [1.29, 1.82) is 0 Å². The normalized spacial score (nSPS) is 10.2. The molecule has 2 N–H and O–H groups in total. The van der Waals surface area contributed by atoms with Gasteiger partial charge in [-0.2, -0.15) is 0 Å². The van der Waals surface area contributed by atoms with Crippen LogP contribution in [0.5, 0.6) is 5.75 Å². The smallest absolute Gasteiger partial charge is 0.296 e. The molecule has 5 nitrogen and oxygen atoms in total. The van der Waals surface area contributed by atoms with Gasteiger partial charge in [0.15, 0.2) is 0 Å². The van der Waals surface area contributed by atoms with Crippen LogP contribution in [0.3, 0.4) is 0 Å². The van der Waals surface area contributed by atoms with Gasteiger partial charge in [0.25, 0.3) is 5.69 Å². The molecular weight excluding hydrogens is 251 g/mol. The Balaban J connectivity index is 2.20. The van der Waals surface area contributed by atoms with Crippen molar-refractivity contribution in [3.63, 3.8) is 0 Å². The van der Waals surface area contributed by atoms with Crippen LogP contribution in [0.15, 0.2) is 42.5 Å². The fourth-order valence-corrected chi connectivity index (χ4v) is 1.65. The average molecular weight is 262 g/mol. The second kappa shape index (κ2) is 5.34. The molecule has 2 rings (SSSR count). The second-order valence-corrected chi connectivity index (χ2v) is 3.90. The zero-order valence-electron chi connectivity index (χ0n) is 9.84. The maximum atomic E-state index is 13.4. The lowest BCUT2D eigenvalue weighted by Gasteiger charge is -2.08. The highest BCUT2D eigenvalue weighted by atomic mass is 19.1. The number of hydrogen-bond donors (Lipinski definition) is 2. The molecule has 0 aliphatic heterocycles. The molecule has 0 aliphatic carbocycles. The third-order valence-corrected chi connectivity index (χ3v) is 2.61. The van der Waals surface area contributed by atoms with Gasteiger partial charge in [0.05, 0.1) is 11.0 Å². The fraction of sp³-hybridized carbons (Fsp3) is 0.0769. The average Bonchev–Trinajstić information content (AvgIpc) is 2.38. The lowest BCUT2D eigenvalue weighted by atomic mass is 10.2. The van der Waals surface area contributed by atoms with Crippen LogP contribution < -0.4 is 5.32 Å². The number of rotatable bonds is 4. The summed E-state index contributed by atoms with van der Waals surface area (Å²) in [6.07, 6.45) is 0. The third-order valence-electron chi connectivity index (χ3n) is 2.61. The minimum absolute atomic E-state index is 0.123. The minimum Gasteiger partial charge on any atom is -0.508 e. The zero-order chi connectivity index (χ0) is 13.8. The number of nitrogens with one attached hydrogen (secondary N) is 1. The van der Waals surface area contributed by atoms with E-state index >= 15 is 0 Å². The minimum atomic E-state index is -0.608. The molecule has 19 heavy (non-hydrogen) atoms. The molecule has 0 aromatic heterocycles. The molecule has 0 saturated carbocycles. The van der Waals surface area contributed by atoms with E-state index in [0.717, 1.165) is 6.07 Å². The Bertz CT molecular complexity index is 617. The Kier molecular flexibility index (Phi) is 3.61. The standard InChI is InChI=1S/C13H11FN2O3/c14-11-4-2-1-3-9(11)8-15-12-6-5-10(17)7-13(12)16(18)19/h1-7,15,17H,8H2. The summed E-state index contributed by atoms with van der Waals surface area (Å²) in [4.78, 5) is 10.2. The summed E-state index contributed by atoms with van der Waals surface area (Å²) < 4.78 is 13.4. The Morgan fingerprint density at radius 2 is 2.00 bits per heavy atom. The van der Waals surface area contributed by atoms with E-state index in [1.807, 2.05) is 0 Å². The van der Waals surface area contributed by atoms with Gasteiger partial charge in [0, 0.05) is 12.1 Å². The second-order valence-electron chi connectivity index (χ2n) is 3.90. The molecule has 0 amide bonds. The molecule has 2 aromatic rings. The molecule has 2 aromatic carbocycles. The number of nitro benzene ring substituents is 1. The van der Waals surface area contributed by atoms with Gasteiger partial charge in [-0.25, -0.2) is 4.39 Å². The molecular formula is C13H11FN2O3. The predicted molar refractivity (Wildman–Crippen MR) is 68.5 cm³/mol. The maximum Gasteiger partial charge on any atom is 0.296 e. The number of halogens is 1. The van der Waals surface area contributed by atoms with Crippen molar-refractivity contribution in [3.8, 4) is 5.75 Å². The van der Waals surface area contributed by atoms with Crippen molar-refractivity contribution in [2.45, 2.75) is 6.54 Å². The van der Waals surface area contributed by atoms with Gasteiger partial charge in [0.2, 0.25) is 0 Å². The van der Waals surface area contributed by atoms with E-state index in [2.05, 4.69) is 5.32 Å². The number of anilines is 1. The first-order valence-electron chi connectivity index (χ1n) is 5.52. The molecule has 0 aliphatic rings. The summed E-state index contributed by atoms with van der Waals surface area (Å²) in [7, 11) is 0. The summed E-state index contributed by atoms with van der Waals surface area (Å²) in [6.45, 7) is 0.123. The van der Waals surface area contributed by atoms with Crippen LogP contribution in [-0.2, 0) is 6.54 Å².